The van der Waals surface area contributed by atoms with Gasteiger partial charge in [-0.1, -0.05) is 29.9 Å². The van der Waals surface area contributed by atoms with Crippen molar-refractivity contribution in [1.82, 2.24) is 4.98 Å². The van der Waals surface area contributed by atoms with Crippen molar-refractivity contribution < 1.29 is 4.74 Å². The number of thiocarbonyl (C=S) groups is 1. The van der Waals surface area contributed by atoms with Crippen molar-refractivity contribution in [3.63, 3.8) is 0 Å². The van der Waals surface area contributed by atoms with Crippen molar-refractivity contribution in [3.8, 4) is 5.75 Å². The van der Waals surface area contributed by atoms with Crippen LogP contribution < -0.4 is 10.5 Å². The van der Waals surface area contributed by atoms with Gasteiger partial charge in [0.05, 0.1) is 11.3 Å². The summed E-state index contributed by atoms with van der Waals surface area (Å²) in [6, 6.07) is 11.0. The summed E-state index contributed by atoms with van der Waals surface area (Å²) >= 11 is 10.9. The molecule has 0 bridgehead atoms. The number of benzene rings is 1. The summed E-state index contributed by atoms with van der Waals surface area (Å²) < 4.78 is 5.71. The minimum Gasteiger partial charge on any atom is -0.487 e. The van der Waals surface area contributed by atoms with Gasteiger partial charge in [0, 0.05) is 10.7 Å². The van der Waals surface area contributed by atoms with E-state index in [4.69, 9.17) is 34.3 Å². The maximum atomic E-state index is 5.95. The molecular weight excluding hydrogens is 280 g/mol. The molecule has 0 unspecified atom stereocenters. The highest BCUT2D eigenvalue weighted by atomic mass is 35.5. The summed E-state index contributed by atoms with van der Waals surface area (Å²) in [6.45, 7) is 2.28. The summed E-state index contributed by atoms with van der Waals surface area (Å²) in [6.07, 6.45) is 0. The molecule has 0 aliphatic heterocycles. The van der Waals surface area contributed by atoms with Gasteiger partial charge in [-0.25, -0.2) is 0 Å². The summed E-state index contributed by atoms with van der Waals surface area (Å²) in [4.78, 5) is 4.64. The van der Waals surface area contributed by atoms with Crippen molar-refractivity contribution >= 4 is 28.8 Å². The van der Waals surface area contributed by atoms with Gasteiger partial charge in [0.2, 0.25) is 0 Å². The van der Waals surface area contributed by atoms with Gasteiger partial charge in [0.1, 0.15) is 17.3 Å². The Kier molecular flexibility index (Phi) is 4.35. The lowest BCUT2D eigenvalue weighted by Gasteiger charge is -2.11. The van der Waals surface area contributed by atoms with Crippen molar-refractivity contribution in [1.29, 1.82) is 0 Å². The molecular formula is C14H13ClN2OS. The van der Waals surface area contributed by atoms with Crippen LogP contribution in [0.3, 0.4) is 0 Å². The molecule has 2 N–H and O–H groups in total. The first-order valence-electron chi connectivity index (χ1n) is 5.71. The third-order valence-corrected chi connectivity index (χ3v) is 2.99. The number of hydrogen-bond acceptors (Lipinski definition) is 3. The number of rotatable bonds is 4. The van der Waals surface area contributed by atoms with Crippen LogP contribution in [0.15, 0.2) is 36.4 Å². The number of aromatic nitrogens is 1. The van der Waals surface area contributed by atoms with Gasteiger partial charge in [-0.05, 0) is 37.3 Å². The Hall–Kier alpha value is -1.65. The Morgan fingerprint density at radius 3 is 2.84 bits per heavy atom. The van der Waals surface area contributed by atoms with Crippen LogP contribution in [0.2, 0.25) is 5.02 Å². The van der Waals surface area contributed by atoms with Crippen LogP contribution in [0, 0.1) is 6.92 Å². The Morgan fingerprint density at radius 2 is 2.16 bits per heavy atom. The van der Waals surface area contributed by atoms with Crippen molar-refractivity contribution in [3.05, 3.63) is 58.4 Å². The average Bonchev–Trinajstić information content (AvgIpc) is 2.36. The molecule has 0 spiro atoms. The number of halogens is 1. The third-order valence-electron chi connectivity index (χ3n) is 2.53. The Morgan fingerprint density at radius 1 is 1.37 bits per heavy atom. The zero-order valence-electron chi connectivity index (χ0n) is 10.4. The summed E-state index contributed by atoms with van der Waals surface area (Å²) in [5.74, 6) is 0.573. The molecule has 5 heteroatoms. The fourth-order valence-corrected chi connectivity index (χ4v) is 1.98. The molecule has 0 saturated heterocycles. The fraction of sp³-hybridized carbons (Fsp3) is 0.143. The van der Waals surface area contributed by atoms with Gasteiger partial charge in [-0.3, -0.25) is 4.98 Å². The van der Waals surface area contributed by atoms with Crippen LogP contribution in [0.4, 0.5) is 0 Å². The molecule has 1 aromatic heterocycles. The van der Waals surface area contributed by atoms with E-state index in [-0.39, 0.29) is 4.99 Å². The molecule has 1 aromatic carbocycles. The van der Waals surface area contributed by atoms with Crippen molar-refractivity contribution in [2.45, 2.75) is 13.5 Å². The fourth-order valence-electron chi connectivity index (χ4n) is 1.65. The first-order valence-corrected chi connectivity index (χ1v) is 6.49. The van der Waals surface area contributed by atoms with E-state index in [1.807, 2.05) is 25.1 Å². The van der Waals surface area contributed by atoms with E-state index in [1.54, 1.807) is 18.2 Å². The first-order chi connectivity index (χ1) is 9.06. The maximum Gasteiger partial charge on any atom is 0.131 e. The van der Waals surface area contributed by atoms with Crippen LogP contribution in [-0.2, 0) is 6.61 Å². The second kappa shape index (κ2) is 5.99. The quantitative estimate of drug-likeness (QED) is 0.879. The van der Waals surface area contributed by atoms with Gasteiger partial charge in [0.25, 0.3) is 0 Å². The lowest BCUT2D eigenvalue weighted by atomic mass is 10.2. The lowest BCUT2D eigenvalue weighted by molar-refractivity contribution is 0.300. The van der Waals surface area contributed by atoms with Gasteiger partial charge >= 0.3 is 0 Å². The number of ether oxygens (including phenoxy) is 1. The zero-order valence-corrected chi connectivity index (χ0v) is 12.0. The van der Waals surface area contributed by atoms with E-state index in [1.165, 1.54) is 0 Å². The second-order valence-corrected chi connectivity index (χ2v) is 4.94. The van der Waals surface area contributed by atoms with E-state index in [0.29, 0.717) is 22.9 Å². The number of nitrogens with zero attached hydrogens (tertiary/aromatic N) is 1. The lowest BCUT2D eigenvalue weighted by Crippen LogP contribution is -2.12. The summed E-state index contributed by atoms with van der Waals surface area (Å²) in [5.41, 5.74) is 8.11. The smallest absolute Gasteiger partial charge is 0.131 e. The average molecular weight is 293 g/mol. The van der Waals surface area contributed by atoms with E-state index in [2.05, 4.69) is 4.98 Å². The molecule has 0 radical (unpaired) electrons. The molecule has 2 aromatic rings. The molecule has 2 rings (SSSR count). The van der Waals surface area contributed by atoms with Crippen LogP contribution in [0.5, 0.6) is 5.75 Å². The minimum absolute atomic E-state index is 0.281. The highest BCUT2D eigenvalue weighted by molar-refractivity contribution is 7.80. The third kappa shape index (κ3) is 3.66. The van der Waals surface area contributed by atoms with E-state index < -0.39 is 0 Å². The SMILES string of the molecule is Cc1cccc(COc2cc(Cl)ccc2C(N)=S)n1. The second-order valence-electron chi connectivity index (χ2n) is 4.06. The van der Waals surface area contributed by atoms with Gasteiger partial charge in [0.15, 0.2) is 0 Å². The molecule has 0 fully saturated rings. The Bertz CT molecular complexity index is 616. The monoisotopic (exact) mass is 292 g/mol. The number of aryl methyl sites for hydroxylation is 1. The number of pyridine rings is 1. The number of nitrogens with two attached hydrogens (primary N) is 1. The topological polar surface area (TPSA) is 48.1 Å². The number of hydrogen-bond donors (Lipinski definition) is 1. The molecule has 98 valence electrons. The highest BCUT2D eigenvalue weighted by Crippen LogP contribution is 2.24. The Balaban J connectivity index is 2.19. The predicted octanol–water partition coefficient (Wildman–Crippen LogP) is 3.26. The van der Waals surface area contributed by atoms with Crippen molar-refractivity contribution in [2.24, 2.45) is 5.73 Å². The molecule has 19 heavy (non-hydrogen) atoms. The van der Waals surface area contributed by atoms with Crippen LogP contribution in [-0.4, -0.2) is 9.97 Å². The first kappa shape index (κ1) is 13.8. The molecule has 3 nitrogen and oxygen atoms in total. The van der Waals surface area contributed by atoms with Crippen LogP contribution in [0.25, 0.3) is 0 Å². The van der Waals surface area contributed by atoms with Crippen molar-refractivity contribution in [2.75, 3.05) is 0 Å². The Labute approximate surface area is 122 Å². The molecule has 0 aliphatic rings. The van der Waals surface area contributed by atoms with Gasteiger partial charge in [-0.2, -0.15) is 0 Å². The summed E-state index contributed by atoms with van der Waals surface area (Å²) in [7, 11) is 0. The largest absolute Gasteiger partial charge is 0.487 e. The molecule has 1 heterocycles. The molecule has 0 saturated carbocycles. The molecule has 0 atom stereocenters. The maximum absolute atomic E-state index is 5.95. The van der Waals surface area contributed by atoms with E-state index >= 15 is 0 Å². The van der Waals surface area contributed by atoms with Crippen LogP contribution >= 0.6 is 23.8 Å². The van der Waals surface area contributed by atoms with E-state index in [9.17, 15) is 0 Å². The molecule has 0 amide bonds. The normalized spacial score (nSPS) is 10.2. The minimum atomic E-state index is 0.281. The van der Waals surface area contributed by atoms with Gasteiger partial charge < -0.3 is 10.5 Å². The van der Waals surface area contributed by atoms with E-state index in [0.717, 1.165) is 11.4 Å². The standard InChI is InChI=1S/C14H13ClN2OS/c1-9-3-2-4-11(17-9)8-18-13-7-10(15)5-6-12(13)14(16)19/h2-7H,8H2,1H3,(H2,16,19). The molecule has 0 aliphatic carbocycles. The highest BCUT2D eigenvalue weighted by Gasteiger charge is 2.08. The van der Waals surface area contributed by atoms with Crippen LogP contribution in [0.1, 0.15) is 17.0 Å². The van der Waals surface area contributed by atoms with Gasteiger partial charge in [-0.15, -0.1) is 0 Å². The predicted molar refractivity (Wildman–Crippen MR) is 80.6 cm³/mol. The summed E-state index contributed by atoms with van der Waals surface area (Å²) in [5, 5.41) is 0.576. The zero-order chi connectivity index (χ0) is 13.8.